The molecule has 6 heterocycles. The van der Waals surface area contributed by atoms with Crippen molar-refractivity contribution in [1.82, 2.24) is 34.2 Å². The van der Waals surface area contributed by atoms with Crippen LogP contribution in [-0.2, 0) is 23.1 Å². The third-order valence-electron chi connectivity index (χ3n) is 6.11. The summed E-state index contributed by atoms with van der Waals surface area (Å²) in [5.41, 5.74) is 1.43. The number of ether oxygens (including phenoxy) is 3. The molecule has 0 bridgehead atoms. The molecule has 0 unspecified atom stereocenters. The molecule has 0 aromatic carbocycles. The fourth-order valence-corrected chi connectivity index (χ4v) is 4.31. The van der Waals surface area contributed by atoms with Crippen molar-refractivity contribution in [3.05, 3.63) is 41.3 Å². The molecule has 0 aliphatic carbocycles. The number of rotatable bonds is 6. The number of hydrogen-bond acceptors (Lipinski definition) is 10. The van der Waals surface area contributed by atoms with Gasteiger partial charge in [0.15, 0.2) is 23.3 Å². The van der Waals surface area contributed by atoms with Gasteiger partial charge in [0.2, 0.25) is 5.95 Å². The molecule has 0 spiro atoms. The van der Waals surface area contributed by atoms with Crippen molar-refractivity contribution < 1.29 is 23.8 Å². The Labute approximate surface area is 220 Å². The van der Waals surface area contributed by atoms with Crippen LogP contribution < -0.4 is 15.4 Å². The van der Waals surface area contributed by atoms with Gasteiger partial charge >= 0.3 is 6.09 Å². The number of carbonyl (C=O) groups excluding carboxylic acids is 2. The maximum Gasteiger partial charge on any atom is 0.413 e. The van der Waals surface area contributed by atoms with Gasteiger partial charge in [-0.25, -0.2) is 14.8 Å². The molecule has 4 aromatic heterocycles. The number of likely N-dealkylation sites (N-methyl/N-ethyl adjacent to an activating group) is 1. The number of hydrogen-bond donors (Lipinski definition) is 2. The number of carbonyl (C=O) groups is 2. The molecule has 38 heavy (non-hydrogen) atoms. The third-order valence-corrected chi connectivity index (χ3v) is 6.47. The first-order chi connectivity index (χ1) is 18.4. The van der Waals surface area contributed by atoms with Gasteiger partial charge in [-0.3, -0.25) is 14.8 Å². The average Bonchev–Trinajstić information content (AvgIpc) is 3.42. The van der Waals surface area contributed by atoms with E-state index in [4.69, 9.17) is 25.8 Å². The number of nitrogens with zero attached hydrogens (tertiary/aromatic N) is 7. The number of fused-ring (bicyclic) bond motifs is 2. The van der Waals surface area contributed by atoms with Crippen LogP contribution in [0.4, 0.5) is 22.4 Å². The summed E-state index contributed by atoms with van der Waals surface area (Å²) in [6, 6.07) is 4.84. The summed E-state index contributed by atoms with van der Waals surface area (Å²) in [4.78, 5) is 39.1. The van der Waals surface area contributed by atoms with Crippen molar-refractivity contribution in [3.63, 3.8) is 0 Å². The van der Waals surface area contributed by atoms with Crippen LogP contribution in [0.2, 0.25) is 5.02 Å². The number of anilines is 3. The summed E-state index contributed by atoms with van der Waals surface area (Å²) < 4.78 is 19.5. The molecule has 1 saturated heterocycles. The van der Waals surface area contributed by atoms with E-state index in [1.54, 1.807) is 40.4 Å². The number of amides is 2. The van der Waals surface area contributed by atoms with Gasteiger partial charge in [-0.05, 0) is 6.07 Å². The van der Waals surface area contributed by atoms with E-state index in [0.717, 1.165) is 0 Å². The largest absolute Gasteiger partial charge is 0.454 e. The first-order valence-electron chi connectivity index (χ1n) is 11.7. The smallest absolute Gasteiger partial charge is 0.413 e. The second kappa shape index (κ2) is 9.46. The van der Waals surface area contributed by atoms with Crippen molar-refractivity contribution in [2.45, 2.75) is 12.6 Å². The molecular formula is C23H22ClN9O5. The summed E-state index contributed by atoms with van der Waals surface area (Å²) in [7, 11) is 3.53. The predicted molar refractivity (Wildman–Crippen MR) is 135 cm³/mol. The topological polar surface area (TPSA) is 151 Å². The zero-order chi connectivity index (χ0) is 26.4. The number of aryl methyl sites for hydroxylation is 1. The molecule has 6 rings (SSSR count). The molecule has 0 atom stereocenters. The second-order valence-corrected chi connectivity index (χ2v) is 9.14. The average molecular weight is 540 g/mol. The van der Waals surface area contributed by atoms with E-state index in [9.17, 15) is 9.59 Å². The third kappa shape index (κ3) is 4.43. The molecule has 0 saturated carbocycles. The van der Waals surface area contributed by atoms with Crippen molar-refractivity contribution >= 4 is 52.3 Å². The highest BCUT2D eigenvalue weighted by molar-refractivity contribution is 6.36. The van der Waals surface area contributed by atoms with E-state index in [-0.39, 0.29) is 28.6 Å². The van der Waals surface area contributed by atoms with Gasteiger partial charge in [0.05, 0.1) is 26.0 Å². The van der Waals surface area contributed by atoms with Crippen molar-refractivity contribution in [3.8, 4) is 11.5 Å². The normalized spacial score (nSPS) is 15.2. The van der Waals surface area contributed by atoms with E-state index in [0.29, 0.717) is 60.7 Å². The number of pyridine rings is 2. The lowest BCUT2D eigenvalue weighted by Crippen LogP contribution is -2.39. The minimum atomic E-state index is -0.631. The van der Waals surface area contributed by atoms with Gasteiger partial charge in [-0.15, -0.1) is 0 Å². The number of aromatic nitrogens is 6. The van der Waals surface area contributed by atoms with E-state index in [1.807, 2.05) is 0 Å². The Balaban J connectivity index is 1.21. The Kier molecular flexibility index (Phi) is 5.96. The Hall–Kier alpha value is -4.43. The highest BCUT2D eigenvalue weighted by Crippen LogP contribution is 2.36. The molecule has 4 aromatic rings. The highest BCUT2D eigenvalue weighted by atomic mass is 35.5. The van der Waals surface area contributed by atoms with Gasteiger partial charge in [-0.2, -0.15) is 10.1 Å². The first-order valence-corrected chi connectivity index (χ1v) is 12.0. The predicted octanol–water partition coefficient (Wildman–Crippen LogP) is 2.78. The van der Waals surface area contributed by atoms with Crippen LogP contribution in [0.5, 0.6) is 11.5 Å². The zero-order valence-electron chi connectivity index (χ0n) is 20.3. The van der Waals surface area contributed by atoms with Crippen LogP contribution in [0.15, 0.2) is 30.6 Å². The van der Waals surface area contributed by atoms with E-state index < -0.39 is 6.09 Å². The van der Waals surface area contributed by atoms with E-state index >= 15 is 0 Å². The van der Waals surface area contributed by atoms with Gasteiger partial charge in [-0.1, -0.05) is 11.6 Å². The Morgan fingerprint density at radius 1 is 1.18 bits per heavy atom. The van der Waals surface area contributed by atoms with Gasteiger partial charge < -0.3 is 29.0 Å². The number of imidazole rings is 1. The van der Waals surface area contributed by atoms with Gasteiger partial charge in [0.1, 0.15) is 27.8 Å². The van der Waals surface area contributed by atoms with E-state index in [2.05, 4.69) is 30.7 Å². The maximum absolute atomic E-state index is 12.4. The molecule has 2 aliphatic rings. The summed E-state index contributed by atoms with van der Waals surface area (Å²) in [5.74, 6) is 1.74. The van der Waals surface area contributed by atoms with Crippen LogP contribution in [0.1, 0.15) is 10.5 Å². The summed E-state index contributed by atoms with van der Waals surface area (Å²) in [5, 5.41) is 10.5. The number of halogens is 1. The van der Waals surface area contributed by atoms with Crippen molar-refractivity contribution in [1.29, 1.82) is 0 Å². The van der Waals surface area contributed by atoms with Crippen LogP contribution in [0, 0.1) is 0 Å². The Morgan fingerprint density at radius 2 is 2.03 bits per heavy atom. The quantitative estimate of drug-likeness (QED) is 0.374. The fourth-order valence-electron chi connectivity index (χ4n) is 4.01. The minimum Gasteiger partial charge on any atom is -0.454 e. The van der Waals surface area contributed by atoms with Crippen molar-refractivity contribution in [2.75, 3.05) is 37.4 Å². The standard InChI is InChI=1S/C23H22ClN9O5/c1-31-5-6-33-14(21(31)34)8-17(30-33)27-22-29-20-19(32(22)2)18(24)15(9-26-20)37-12-3-4-25-16(7-12)28-23(35)38-13-10-36-11-13/h3-4,7-9,13H,5-6,10-11H2,1-2H3,(H,25,28,35)(H,26,27,29,30). The molecule has 2 amide bonds. The molecule has 2 aliphatic heterocycles. The molecule has 15 heteroatoms. The summed E-state index contributed by atoms with van der Waals surface area (Å²) in [6.45, 7) is 1.96. The Bertz CT molecular complexity index is 1560. The zero-order valence-corrected chi connectivity index (χ0v) is 21.1. The molecule has 1 fully saturated rings. The molecule has 196 valence electrons. The molecule has 2 N–H and O–H groups in total. The fraction of sp³-hybridized carbons (Fsp3) is 0.304. The second-order valence-electron chi connectivity index (χ2n) is 8.76. The molecule has 14 nitrogen and oxygen atoms in total. The summed E-state index contributed by atoms with van der Waals surface area (Å²) >= 11 is 6.69. The van der Waals surface area contributed by atoms with Gasteiger partial charge in [0.25, 0.3) is 5.91 Å². The minimum absolute atomic E-state index is 0.0902. The lowest BCUT2D eigenvalue weighted by atomic mass is 10.3. The van der Waals surface area contributed by atoms with E-state index in [1.165, 1.54) is 18.5 Å². The lowest BCUT2D eigenvalue weighted by Gasteiger charge is -2.25. The monoisotopic (exact) mass is 539 g/mol. The molecular weight excluding hydrogens is 518 g/mol. The molecule has 0 radical (unpaired) electrons. The Morgan fingerprint density at radius 3 is 2.82 bits per heavy atom. The first kappa shape index (κ1) is 23.9. The van der Waals surface area contributed by atoms with Crippen LogP contribution in [-0.4, -0.2) is 79.1 Å². The number of nitrogens with one attached hydrogen (secondary N) is 2. The van der Waals surface area contributed by atoms with Gasteiger partial charge in [0, 0.05) is 39.0 Å². The van der Waals surface area contributed by atoms with Crippen LogP contribution in [0.3, 0.4) is 0 Å². The lowest BCUT2D eigenvalue weighted by molar-refractivity contribution is -0.0951. The van der Waals surface area contributed by atoms with Crippen molar-refractivity contribution in [2.24, 2.45) is 7.05 Å². The van der Waals surface area contributed by atoms with Crippen LogP contribution >= 0.6 is 11.6 Å². The highest BCUT2D eigenvalue weighted by Gasteiger charge is 2.25. The SMILES string of the molecule is CN1CCn2nc(Nc3nc4ncc(Oc5ccnc(NC(=O)OC6COC6)c5)c(Cl)c4n3C)cc2C1=O. The maximum atomic E-state index is 12.4. The van der Waals surface area contributed by atoms with Crippen LogP contribution in [0.25, 0.3) is 11.2 Å². The summed E-state index contributed by atoms with van der Waals surface area (Å²) in [6.07, 6.45) is 2.06.